The van der Waals surface area contributed by atoms with Gasteiger partial charge in [-0.25, -0.2) is 8.42 Å². The van der Waals surface area contributed by atoms with E-state index < -0.39 is 10.0 Å². The van der Waals surface area contributed by atoms with Crippen LogP contribution in [0.25, 0.3) is 0 Å². The molecular formula is C15H28N2O3S. The fourth-order valence-corrected chi connectivity index (χ4v) is 3.69. The van der Waals surface area contributed by atoms with E-state index in [4.69, 9.17) is 4.42 Å². The molecule has 5 nitrogen and oxygen atoms in total. The number of hydrogen-bond donors (Lipinski definition) is 1. The molecule has 0 atom stereocenters. The van der Waals surface area contributed by atoms with Crippen molar-refractivity contribution in [3.05, 3.63) is 17.9 Å². The normalized spacial score (nSPS) is 13.0. The minimum absolute atomic E-state index is 0.0254. The van der Waals surface area contributed by atoms with Gasteiger partial charge in [-0.05, 0) is 31.9 Å². The molecule has 0 bridgehead atoms. The molecule has 21 heavy (non-hydrogen) atoms. The van der Waals surface area contributed by atoms with Gasteiger partial charge in [-0.1, -0.05) is 27.7 Å². The minimum atomic E-state index is -3.57. The van der Waals surface area contributed by atoms with E-state index in [-0.39, 0.29) is 17.1 Å². The Morgan fingerprint density at radius 3 is 2.24 bits per heavy atom. The SMILES string of the molecule is CC(C)CN(C(C)C)S(=O)(=O)c1ccc(CNC(C)C)o1. The van der Waals surface area contributed by atoms with Gasteiger partial charge >= 0.3 is 0 Å². The molecule has 0 radical (unpaired) electrons. The fraction of sp³-hybridized carbons (Fsp3) is 0.733. The maximum Gasteiger partial charge on any atom is 0.276 e. The number of furan rings is 1. The topological polar surface area (TPSA) is 62.6 Å². The maximum absolute atomic E-state index is 12.7. The molecule has 122 valence electrons. The van der Waals surface area contributed by atoms with Gasteiger partial charge in [0, 0.05) is 18.6 Å². The number of nitrogens with one attached hydrogen (secondary N) is 1. The van der Waals surface area contributed by atoms with Crippen LogP contribution < -0.4 is 5.32 Å². The highest BCUT2D eigenvalue weighted by atomic mass is 32.2. The van der Waals surface area contributed by atoms with Crippen LogP contribution in [-0.2, 0) is 16.6 Å². The minimum Gasteiger partial charge on any atom is -0.447 e. The molecule has 6 heteroatoms. The van der Waals surface area contributed by atoms with Crippen LogP contribution >= 0.6 is 0 Å². The third kappa shape index (κ3) is 5.13. The van der Waals surface area contributed by atoms with Gasteiger partial charge in [-0.3, -0.25) is 0 Å². The van der Waals surface area contributed by atoms with Gasteiger partial charge in [0.25, 0.3) is 10.0 Å². The van der Waals surface area contributed by atoms with Crippen molar-refractivity contribution in [2.45, 2.75) is 65.3 Å². The van der Waals surface area contributed by atoms with Crippen molar-refractivity contribution >= 4 is 10.0 Å². The van der Waals surface area contributed by atoms with Gasteiger partial charge in [-0.15, -0.1) is 0 Å². The molecule has 0 spiro atoms. The second kappa shape index (κ2) is 7.42. The summed E-state index contributed by atoms with van der Waals surface area (Å²) in [6.07, 6.45) is 0. The first-order chi connectivity index (χ1) is 9.64. The van der Waals surface area contributed by atoms with Crippen LogP contribution in [0.2, 0.25) is 0 Å². The Morgan fingerprint density at radius 1 is 1.14 bits per heavy atom. The molecule has 0 saturated heterocycles. The second-order valence-corrected chi connectivity index (χ2v) is 8.14. The summed E-state index contributed by atoms with van der Waals surface area (Å²) >= 11 is 0. The van der Waals surface area contributed by atoms with Crippen LogP contribution in [0.5, 0.6) is 0 Å². The van der Waals surface area contributed by atoms with Gasteiger partial charge < -0.3 is 9.73 Å². The second-order valence-electron chi connectivity index (χ2n) is 6.32. The van der Waals surface area contributed by atoms with E-state index in [2.05, 4.69) is 5.32 Å². The van der Waals surface area contributed by atoms with Crippen molar-refractivity contribution in [1.82, 2.24) is 9.62 Å². The molecule has 1 aromatic rings. The van der Waals surface area contributed by atoms with E-state index in [0.29, 0.717) is 24.9 Å². The lowest BCUT2D eigenvalue weighted by Crippen LogP contribution is -2.39. The van der Waals surface area contributed by atoms with Crippen molar-refractivity contribution < 1.29 is 12.8 Å². The van der Waals surface area contributed by atoms with Gasteiger partial charge in [0.05, 0.1) is 6.54 Å². The van der Waals surface area contributed by atoms with E-state index in [0.717, 1.165) is 0 Å². The number of rotatable bonds is 8. The fourth-order valence-electron chi connectivity index (χ4n) is 1.96. The Kier molecular flexibility index (Phi) is 6.43. The smallest absolute Gasteiger partial charge is 0.276 e. The molecule has 1 N–H and O–H groups in total. The summed E-state index contributed by atoms with van der Waals surface area (Å²) in [4.78, 5) is 0. The van der Waals surface area contributed by atoms with Crippen molar-refractivity contribution in [1.29, 1.82) is 0 Å². The third-order valence-corrected chi connectivity index (χ3v) is 4.92. The Balaban J connectivity index is 2.95. The van der Waals surface area contributed by atoms with Gasteiger partial charge in [0.2, 0.25) is 5.09 Å². The van der Waals surface area contributed by atoms with E-state index in [1.165, 1.54) is 4.31 Å². The molecule has 0 fully saturated rings. The average Bonchev–Trinajstić information content (AvgIpc) is 2.82. The van der Waals surface area contributed by atoms with Gasteiger partial charge in [-0.2, -0.15) is 4.31 Å². The summed E-state index contributed by atoms with van der Waals surface area (Å²) < 4.78 is 32.4. The Labute approximate surface area is 128 Å². The lowest BCUT2D eigenvalue weighted by Gasteiger charge is -2.26. The zero-order valence-electron chi connectivity index (χ0n) is 13.9. The molecule has 1 heterocycles. The quantitative estimate of drug-likeness (QED) is 0.801. The molecular weight excluding hydrogens is 288 g/mol. The largest absolute Gasteiger partial charge is 0.447 e. The standard InChI is InChI=1S/C15H28N2O3S/c1-11(2)10-17(13(5)6)21(18,19)15-8-7-14(20-15)9-16-12(3)4/h7-8,11-13,16H,9-10H2,1-6H3. The van der Waals surface area contributed by atoms with E-state index >= 15 is 0 Å². The summed E-state index contributed by atoms with van der Waals surface area (Å²) in [7, 11) is -3.57. The monoisotopic (exact) mass is 316 g/mol. The van der Waals surface area contributed by atoms with E-state index in [1.807, 2.05) is 41.5 Å². The Morgan fingerprint density at radius 2 is 1.76 bits per heavy atom. The molecule has 0 aliphatic rings. The molecule has 0 amide bonds. The molecule has 0 saturated carbocycles. The van der Waals surface area contributed by atoms with Crippen LogP contribution in [0, 0.1) is 5.92 Å². The zero-order chi connectivity index (χ0) is 16.2. The highest BCUT2D eigenvalue weighted by Gasteiger charge is 2.30. The maximum atomic E-state index is 12.7. The third-order valence-electron chi connectivity index (χ3n) is 3.01. The predicted molar refractivity (Wildman–Crippen MR) is 84.5 cm³/mol. The molecule has 0 aliphatic carbocycles. The molecule has 0 aliphatic heterocycles. The Bertz CT molecular complexity index is 533. The molecule has 1 rings (SSSR count). The molecule has 1 aromatic heterocycles. The number of nitrogens with zero attached hydrogens (tertiary/aromatic N) is 1. The Hall–Kier alpha value is -0.850. The van der Waals surface area contributed by atoms with Crippen LogP contribution in [0.3, 0.4) is 0 Å². The van der Waals surface area contributed by atoms with Crippen molar-refractivity contribution in [2.24, 2.45) is 5.92 Å². The lowest BCUT2D eigenvalue weighted by molar-refractivity contribution is 0.303. The first kappa shape index (κ1) is 18.2. The molecule has 0 unspecified atom stereocenters. The van der Waals surface area contributed by atoms with E-state index in [9.17, 15) is 8.42 Å². The average molecular weight is 316 g/mol. The van der Waals surface area contributed by atoms with Crippen molar-refractivity contribution in [3.8, 4) is 0 Å². The van der Waals surface area contributed by atoms with Crippen LogP contribution in [0.4, 0.5) is 0 Å². The summed E-state index contributed by atoms with van der Waals surface area (Å²) in [5.74, 6) is 0.898. The summed E-state index contributed by atoms with van der Waals surface area (Å²) in [6.45, 7) is 12.8. The predicted octanol–water partition coefficient (Wildman–Crippen LogP) is 2.83. The summed E-state index contributed by atoms with van der Waals surface area (Å²) in [6, 6.07) is 3.49. The van der Waals surface area contributed by atoms with Crippen molar-refractivity contribution in [3.63, 3.8) is 0 Å². The number of hydrogen-bond acceptors (Lipinski definition) is 4. The molecule has 0 aromatic carbocycles. The first-order valence-corrected chi connectivity index (χ1v) is 8.92. The summed E-state index contributed by atoms with van der Waals surface area (Å²) in [5, 5.41) is 3.23. The zero-order valence-corrected chi connectivity index (χ0v) is 14.7. The van der Waals surface area contributed by atoms with Crippen LogP contribution in [0.1, 0.15) is 47.3 Å². The highest BCUT2D eigenvalue weighted by molar-refractivity contribution is 7.89. The van der Waals surface area contributed by atoms with Crippen molar-refractivity contribution in [2.75, 3.05) is 6.54 Å². The van der Waals surface area contributed by atoms with Crippen LogP contribution in [-0.4, -0.2) is 31.4 Å². The van der Waals surface area contributed by atoms with Crippen LogP contribution in [0.15, 0.2) is 21.6 Å². The van der Waals surface area contributed by atoms with Gasteiger partial charge in [0.15, 0.2) is 0 Å². The van der Waals surface area contributed by atoms with E-state index in [1.54, 1.807) is 12.1 Å². The first-order valence-electron chi connectivity index (χ1n) is 7.48. The lowest BCUT2D eigenvalue weighted by atomic mass is 10.2. The number of sulfonamides is 1. The van der Waals surface area contributed by atoms with Gasteiger partial charge in [0.1, 0.15) is 5.76 Å². The highest BCUT2D eigenvalue weighted by Crippen LogP contribution is 2.22. The summed E-state index contributed by atoms with van der Waals surface area (Å²) in [5.41, 5.74) is 0.